The molecule has 2 aliphatic heterocycles. The standard InChI is InChI=1S/C13H14N6O/c20-11-9-3-1-2-4-10(9)19-12(16-17-18-19)13(15-11)5-7-14-8-6-13/h1-4,14H,5-8H2,(H,15,20). The van der Waals surface area contributed by atoms with Crippen LogP contribution in [0.4, 0.5) is 0 Å². The van der Waals surface area contributed by atoms with E-state index in [2.05, 4.69) is 26.2 Å². The molecule has 3 heterocycles. The van der Waals surface area contributed by atoms with Crippen molar-refractivity contribution in [2.45, 2.75) is 18.4 Å². The molecule has 0 atom stereocenters. The normalized spacial score (nSPS) is 19.9. The Morgan fingerprint density at radius 2 is 2.00 bits per heavy atom. The number of tetrazole rings is 1. The summed E-state index contributed by atoms with van der Waals surface area (Å²) in [6.07, 6.45) is 1.57. The van der Waals surface area contributed by atoms with Gasteiger partial charge in [-0.2, -0.15) is 4.68 Å². The van der Waals surface area contributed by atoms with Crippen LogP contribution in [0.2, 0.25) is 0 Å². The van der Waals surface area contributed by atoms with Crippen LogP contribution in [0.5, 0.6) is 0 Å². The van der Waals surface area contributed by atoms with Gasteiger partial charge in [0.1, 0.15) is 5.54 Å². The van der Waals surface area contributed by atoms with Crippen LogP contribution in [0.15, 0.2) is 24.3 Å². The van der Waals surface area contributed by atoms with Crippen LogP contribution in [0, 0.1) is 0 Å². The largest absolute Gasteiger partial charge is 0.339 e. The number of aromatic nitrogens is 4. The lowest BCUT2D eigenvalue weighted by Crippen LogP contribution is -2.52. The van der Waals surface area contributed by atoms with Crippen molar-refractivity contribution in [1.29, 1.82) is 0 Å². The highest BCUT2D eigenvalue weighted by Gasteiger charge is 2.43. The number of hydrogen-bond acceptors (Lipinski definition) is 5. The van der Waals surface area contributed by atoms with Gasteiger partial charge in [0.15, 0.2) is 5.82 Å². The smallest absolute Gasteiger partial charge is 0.254 e. The number of para-hydroxylation sites is 1. The topological polar surface area (TPSA) is 84.7 Å². The van der Waals surface area contributed by atoms with Crippen LogP contribution in [0.1, 0.15) is 29.0 Å². The number of carbonyl (C=O) groups excluding carboxylic acids is 1. The molecule has 0 bridgehead atoms. The molecular weight excluding hydrogens is 256 g/mol. The lowest BCUT2D eigenvalue weighted by atomic mass is 9.87. The summed E-state index contributed by atoms with van der Waals surface area (Å²) < 4.78 is 1.69. The highest BCUT2D eigenvalue weighted by molar-refractivity contribution is 5.98. The third-order valence-electron chi connectivity index (χ3n) is 4.08. The predicted octanol–water partition coefficient (Wildman–Crippen LogP) is -0.0156. The summed E-state index contributed by atoms with van der Waals surface area (Å²) in [5, 5.41) is 18.5. The fourth-order valence-electron chi connectivity index (χ4n) is 3.04. The molecule has 2 aromatic rings. The van der Waals surface area contributed by atoms with E-state index in [0.717, 1.165) is 37.4 Å². The second-order valence-corrected chi connectivity index (χ2v) is 5.22. The Morgan fingerprint density at radius 1 is 1.20 bits per heavy atom. The van der Waals surface area contributed by atoms with Crippen molar-refractivity contribution in [3.63, 3.8) is 0 Å². The molecule has 0 unspecified atom stereocenters. The van der Waals surface area contributed by atoms with E-state index in [1.807, 2.05) is 18.2 Å². The zero-order valence-electron chi connectivity index (χ0n) is 10.8. The molecule has 1 fully saturated rings. The van der Waals surface area contributed by atoms with E-state index in [9.17, 15) is 4.79 Å². The van der Waals surface area contributed by atoms with E-state index in [-0.39, 0.29) is 5.91 Å². The van der Waals surface area contributed by atoms with Crippen molar-refractivity contribution >= 4 is 5.91 Å². The Hall–Kier alpha value is -2.28. The molecule has 1 amide bonds. The molecule has 20 heavy (non-hydrogen) atoms. The summed E-state index contributed by atoms with van der Waals surface area (Å²) in [6, 6.07) is 7.41. The van der Waals surface area contributed by atoms with Gasteiger partial charge in [0.05, 0.1) is 11.3 Å². The van der Waals surface area contributed by atoms with Gasteiger partial charge in [-0.3, -0.25) is 4.79 Å². The van der Waals surface area contributed by atoms with E-state index < -0.39 is 5.54 Å². The molecule has 0 aliphatic carbocycles. The first-order valence-corrected chi connectivity index (χ1v) is 6.72. The summed E-state index contributed by atoms with van der Waals surface area (Å²) in [6.45, 7) is 1.67. The molecule has 7 heteroatoms. The van der Waals surface area contributed by atoms with Crippen LogP contribution in [0.25, 0.3) is 5.69 Å². The molecule has 1 saturated heterocycles. The number of nitrogens with one attached hydrogen (secondary N) is 2. The number of rotatable bonds is 0. The highest BCUT2D eigenvalue weighted by atomic mass is 16.2. The predicted molar refractivity (Wildman–Crippen MR) is 70.4 cm³/mol. The zero-order chi connectivity index (χ0) is 13.6. The van der Waals surface area contributed by atoms with E-state index in [0.29, 0.717) is 5.56 Å². The number of carbonyl (C=O) groups is 1. The van der Waals surface area contributed by atoms with Crippen molar-refractivity contribution in [3.05, 3.63) is 35.7 Å². The van der Waals surface area contributed by atoms with Crippen LogP contribution < -0.4 is 10.6 Å². The minimum atomic E-state index is -0.481. The highest BCUT2D eigenvalue weighted by Crippen LogP contribution is 2.33. The van der Waals surface area contributed by atoms with Gasteiger partial charge in [-0.15, -0.1) is 5.10 Å². The minimum Gasteiger partial charge on any atom is -0.339 e. The maximum Gasteiger partial charge on any atom is 0.254 e. The van der Waals surface area contributed by atoms with Crippen molar-refractivity contribution in [1.82, 2.24) is 30.8 Å². The summed E-state index contributed by atoms with van der Waals surface area (Å²) >= 11 is 0. The fraction of sp³-hybridized carbons (Fsp3) is 0.385. The molecule has 2 aliphatic rings. The lowest BCUT2D eigenvalue weighted by Gasteiger charge is -2.35. The van der Waals surface area contributed by atoms with Gasteiger partial charge in [-0.25, -0.2) is 0 Å². The van der Waals surface area contributed by atoms with Crippen LogP contribution in [-0.2, 0) is 5.54 Å². The second kappa shape index (κ2) is 4.11. The van der Waals surface area contributed by atoms with Gasteiger partial charge >= 0.3 is 0 Å². The summed E-state index contributed by atoms with van der Waals surface area (Å²) in [5.41, 5.74) is 0.863. The first-order valence-electron chi connectivity index (χ1n) is 6.72. The molecule has 7 nitrogen and oxygen atoms in total. The molecule has 102 valence electrons. The van der Waals surface area contributed by atoms with Crippen molar-refractivity contribution < 1.29 is 4.79 Å². The third-order valence-corrected chi connectivity index (χ3v) is 4.08. The van der Waals surface area contributed by atoms with Crippen molar-refractivity contribution in [2.24, 2.45) is 0 Å². The minimum absolute atomic E-state index is 0.0743. The number of piperidine rings is 1. The van der Waals surface area contributed by atoms with Gasteiger partial charge in [-0.05, 0) is 48.5 Å². The Labute approximate surface area is 115 Å². The average Bonchev–Trinajstić information content (AvgIpc) is 2.95. The SMILES string of the molecule is O=C1NC2(CCNCC2)c2nnnn2-c2ccccc21. The zero-order valence-corrected chi connectivity index (χ0v) is 10.8. The molecular formula is C13H14N6O. The molecule has 1 spiro atoms. The van der Waals surface area contributed by atoms with Gasteiger partial charge < -0.3 is 10.6 Å². The molecule has 4 rings (SSSR count). The molecule has 1 aromatic carbocycles. The van der Waals surface area contributed by atoms with Gasteiger partial charge in [0, 0.05) is 0 Å². The Morgan fingerprint density at radius 3 is 2.85 bits per heavy atom. The second-order valence-electron chi connectivity index (χ2n) is 5.22. The Bertz CT molecular complexity index is 673. The number of hydrogen-bond donors (Lipinski definition) is 2. The number of benzene rings is 1. The number of nitrogens with zero attached hydrogens (tertiary/aromatic N) is 4. The first-order chi connectivity index (χ1) is 9.80. The van der Waals surface area contributed by atoms with Crippen LogP contribution in [-0.4, -0.2) is 39.2 Å². The van der Waals surface area contributed by atoms with Crippen molar-refractivity contribution in [3.8, 4) is 5.69 Å². The molecule has 0 saturated carbocycles. The fourth-order valence-corrected chi connectivity index (χ4v) is 3.04. The molecule has 2 N–H and O–H groups in total. The van der Waals surface area contributed by atoms with E-state index >= 15 is 0 Å². The van der Waals surface area contributed by atoms with Crippen LogP contribution >= 0.6 is 0 Å². The number of amides is 1. The number of fused-ring (bicyclic) bond motifs is 4. The maximum atomic E-state index is 12.5. The monoisotopic (exact) mass is 270 g/mol. The van der Waals surface area contributed by atoms with E-state index in [1.165, 1.54) is 0 Å². The van der Waals surface area contributed by atoms with Crippen LogP contribution in [0.3, 0.4) is 0 Å². The maximum absolute atomic E-state index is 12.5. The molecule has 0 radical (unpaired) electrons. The Kier molecular flexibility index (Phi) is 2.37. The summed E-state index contributed by atoms with van der Waals surface area (Å²) in [4.78, 5) is 12.5. The third kappa shape index (κ3) is 1.50. The Balaban J connectivity index is 1.96. The van der Waals surface area contributed by atoms with E-state index in [1.54, 1.807) is 10.7 Å². The van der Waals surface area contributed by atoms with Crippen molar-refractivity contribution in [2.75, 3.05) is 13.1 Å². The first kappa shape index (κ1) is 11.5. The van der Waals surface area contributed by atoms with Gasteiger partial charge in [0.25, 0.3) is 5.91 Å². The lowest BCUT2D eigenvalue weighted by molar-refractivity contribution is 0.0870. The summed E-state index contributed by atoms with van der Waals surface area (Å²) in [5.74, 6) is 0.645. The summed E-state index contributed by atoms with van der Waals surface area (Å²) in [7, 11) is 0. The quantitative estimate of drug-likeness (QED) is 0.703. The van der Waals surface area contributed by atoms with Gasteiger partial charge in [0.2, 0.25) is 0 Å². The van der Waals surface area contributed by atoms with E-state index in [4.69, 9.17) is 0 Å². The average molecular weight is 270 g/mol. The van der Waals surface area contributed by atoms with Gasteiger partial charge in [-0.1, -0.05) is 12.1 Å². The molecule has 1 aromatic heterocycles.